The van der Waals surface area contributed by atoms with Crippen LogP contribution in [0.3, 0.4) is 0 Å². The minimum atomic E-state index is -0.475. The SMILES string of the molecule is N#C[C@@H](c1ccccc1)c1ccc(NC(=O)Nc2cccc3ccccc23)cc1Cl. The molecule has 1 atom stereocenters. The predicted octanol–water partition coefficient (Wildman–Crippen LogP) is 6.79. The van der Waals surface area contributed by atoms with Gasteiger partial charge in [0, 0.05) is 16.1 Å². The Morgan fingerprint density at radius 3 is 2.37 bits per heavy atom. The Labute approximate surface area is 179 Å². The van der Waals surface area contributed by atoms with Gasteiger partial charge in [-0.15, -0.1) is 0 Å². The van der Waals surface area contributed by atoms with Gasteiger partial charge in [0.25, 0.3) is 0 Å². The van der Waals surface area contributed by atoms with Crippen molar-refractivity contribution in [2.45, 2.75) is 5.92 Å². The molecule has 30 heavy (non-hydrogen) atoms. The fraction of sp³-hybridized carbons (Fsp3) is 0.0400. The molecule has 2 N–H and O–H groups in total. The van der Waals surface area contributed by atoms with E-state index in [1.165, 1.54) is 0 Å². The number of fused-ring (bicyclic) bond motifs is 1. The van der Waals surface area contributed by atoms with Crippen molar-refractivity contribution in [3.05, 3.63) is 107 Å². The summed E-state index contributed by atoms with van der Waals surface area (Å²) in [5.41, 5.74) is 2.84. The van der Waals surface area contributed by atoms with E-state index in [1.807, 2.05) is 72.8 Å². The van der Waals surface area contributed by atoms with Crippen molar-refractivity contribution in [2.24, 2.45) is 0 Å². The molecular formula is C25H18ClN3O. The topological polar surface area (TPSA) is 64.9 Å². The summed E-state index contributed by atoms with van der Waals surface area (Å²) in [4.78, 5) is 12.5. The predicted molar refractivity (Wildman–Crippen MR) is 122 cm³/mol. The molecule has 146 valence electrons. The first-order valence-electron chi connectivity index (χ1n) is 9.45. The van der Waals surface area contributed by atoms with Gasteiger partial charge in [-0.05, 0) is 34.7 Å². The Hall–Kier alpha value is -3.81. The van der Waals surface area contributed by atoms with Crippen LogP contribution in [-0.4, -0.2) is 6.03 Å². The van der Waals surface area contributed by atoms with E-state index in [1.54, 1.807) is 18.2 Å². The van der Waals surface area contributed by atoms with E-state index >= 15 is 0 Å². The number of anilines is 2. The lowest BCUT2D eigenvalue weighted by Crippen LogP contribution is -2.19. The zero-order valence-corrected chi connectivity index (χ0v) is 16.7. The van der Waals surface area contributed by atoms with E-state index in [4.69, 9.17) is 11.6 Å². The largest absolute Gasteiger partial charge is 0.323 e. The molecular weight excluding hydrogens is 394 g/mol. The highest BCUT2D eigenvalue weighted by atomic mass is 35.5. The fourth-order valence-electron chi connectivity index (χ4n) is 3.43. The quantitative estimate of drug-likeness (QED) is 0.388. The van der Waals surface area contributed by atoms with Gasteiger partial charge in [-0.3, -0.25) is 0 Å². The summed E-state index contributed by atoms with van der Waals surface area (Å²) in [7, 11) is 0. The van der Waals surface area contributed by atoms with E-state index in [0.717, 1.165) is 22.0 Å². The smallest absolute Gasteiger partial charge is 0.308 e. The van der Waals surface area contributed by atoms with E-state index < -0.39 is 5.92 Å². The highest BCUT2D eigenvalue weighted by Crippen LogP contribution is 2.32. The van der Waals surface area contributed by atoms with Gasteiger partial charge < -0.3 is 10.6 Å². The number of nitriles is 1. The molecule has 2 amide bonds. The summed E-state index contributed by atoms with van der Waals surface area (Å²) in [5.74, 6) is -0.475. The standard InChI is InChI=1S/C25H18ClN3O/c26-23-15-19(13-14-21(23)22(16-27)18-7-2-1-3-8-18)28-25(30)29-24-12-6-10-17-9-4-5-11-20(17)24/h1-15,22H,(H2,28,29,30)/t22-/m0/s1. The van der Waals surface area contributed by atoms with E-state index in [-0.39, 0.29) is 6.03 Å². The van der Waals surface area contributed by atoms with E-state index in [0.29, 0.717) is 16.3 Å². The highest BCUT2D eigenvalue weighted by molar-refractivity contribution is 6.31. The second-order valence-corrected chi connectivity index (χ2v) is 7.22. The Morgan fingerprint density at radius 2 is 1.60 bits per heavy atom. The third-order valence-electron chi connectivity index (χ3n) is 4.87. The molecule has 0 heterocycles. The molecule has 0 saturated heterocycles. The molecule has 0 aromatic heterocycles. The molecule has 0 saturated carbocycles. The van der Waals surface area contributed by atoms with Crippen molar-refractivity contribution in [1.82, 2.24) is 0 Å². The number of carbonyl (C=O) groups excluding carboxylic acids is 1. The van der Waals surface area contributed by atoms with Crippen molar-refractivity contribution in [3.63, 3.8) is 0 Å². The van der Waals surface area contributed by atoms with Crippen molar-refractivity contribution in [1.29, 1.82) is 5.26 Å². The second kappa shape index (κ2) is 8.69. The van der Waals surface area contributed by atoms with Crippen molar-refractivity contribution < 1.29 is 4.79 Å². The Bertz CT molecular complexity index is 1240. The molecule has 0 aliphatic heterocycles. The maximum absolute atomic E-state index is 12.5. The number of benzene rings is 4. The van der Waals surface area contributed by atoms with Gasteiger partial charge in [0.15, 0.2) is 0 Å². The number of nitrogens with one attached hydrogen (secondary N) is 2. The van der Waals surface area contributed by atoms with Crippen LogP contribution in [0.25, 0.3) is 10.8 Å². The van der Waals surface area contributed by atoms with Crippen LogP contribution in [-0.2, 0) is 0 Å². The molecule has 0 unspecified atom stereocenters. The number of carbonyl (C=O) groups is 1. The zero-order valence-electron chi connectivity index (χ0n) is 16.0. The lowest BCUT2D eigenvalue weighted by molar-refractivity contribution is 0.262. The monoisotopic (exact) mass is 411 g/mol. The second-order valence-electron chi connectivity index (χ2n) is 6.81. The summed E-state index contributed by atoms with van der Waals surface area (Å²) in [6.07, 6.45) is 0. The lowest BCUT2D eigenvalue weighted by atomic mass is 9.92. The summed E-state index contributed by atoms with van der Waals surface area (Å²) >= 11 is 6.45. The molecule has 4 rings (SSSR count). The van der Waals surface area contributed by atoms with Gasteiger partial charge in [0.05, 0.1) is 17.7 Å². The van der Waals surface area contributed by atoms with Crippen LogP contribution in [0.4, 0.5) is 16.2 Å². The Morgan fingerprint density at radius 1 is 0.867 bits per heavy atom. The number of halogens is 1. The van der Waals surface area contributed by atoms with Crippen LogP contribution in [0.15, 0.2) is 91.0 Å². The van der Waals surface area contributed by atoms with Crippen LogP contribution in [0.5, 0.6) is 0 Å². The molecule has 0 spiro atoms. The normalized spacial score (nSPS) is 11.5. The fourth-order valence-corrected chi connectivity index (χ4v) is 3.72. The van der Waals surface area contributed by atoms with Crippen molar-refractivity contribution in [3.8, 4) is 6.07 Å². The number of hydrogen-bond donors (Lipinski definition) is 2. The van der Waals surface area contributed by atoms with Crippen molar-refractivity contribution >= 4 is 39.8 Å². The molecule has 0 aliphatic carbocycles. The van der Waals surface area contributed by atoms with Gasteiger partial charge in [-0.25, -0.2) is 4.79 Å². The first-order chi connectivity index (χ1) is 14.7. The molecule has 0 radical (unpaired) electrons. The van der Waals surface area contributed by atoms with E-state index in [9.17, 15) is 10.1 Å². The van der Waals surface area contributed by atoms with Crippen LogP contribution in [0, 0.1) is 11.3 Å². The van der Waals surface area contributed by atoms with Crippen LogP contribution in [0.2, 0.25) is 5.02 Å². The average molecular weight is 412 g/mol. The molecule has 4 aromatic rings. The molecule has 4 nitrogen and oxygen atoms in total. The van der Waals surface area contributed by atoms with E-state index in [2.05, 4.69) is 16.7 Å². The maximum Gasteiger partial charge on any atom is 0.323 e. The summed E-state index contributed by atoms with van der Waals surface area (Å²) in [6.45, 7) is 0. The third kappa shape index (κ3) is 4.12. The number of urea groups is 1. The van der Waals surface area contributed by atoms with Gasteiger partial charge in [0.1, 0.15) is 0 Å². The number of nitrogens with zero attached hydrogens (tertiary/aromatic N) is 1. The minimum absolute atomic E-state index is 0.366. The molecule has 5 heteroatoms. The average Bonchev–Trinajstić information content (AvgIpc) is 2.77. The third-order valence-corrected chi connectivity index (χ3v) is 5.20. The number of rotatable bonds is 4. The van der Waals surface area contributed by atoms with Gasteiger partial charge >= 0.3 is 6.03 Å². The summed E-state index contributed by atoms with van der Waals surface area (Å²) in [5, 5.41) is 17.8. The van der Waals surface area contributed by atoms with Crippen LogP contribution in [0.1, 0.15) is 17.0 Å². The Kier molecular flexibility index (Phi) is 5.65. The first-order valence-corrected chi connectivity index (χ1v) is 9.83. The first kappa shape index (κ1) is 19.5. The van der Waals surface area contributed by atoms with Gasteiger partial charge in [-0.2, -0.15) is 5.26 Å². The van der Waals surface area contributed by atoms with Crippen LogP contribution < -0.4 is 10.6 Å². The highest BCUT2D eigenvalue weighted by Gasteiger charge is 2.17. The number of amides is 2. The Balaban J connectivity index is 1.52. The zero-order chi connectivity index (χ0) is 20.9. The molecule has 0 fully saturated rings. The molecule has 0 aliphatic rings. The van der Waals surface area contributed by atoms with Gasteiger partial charge in [0.2, 0.25) is 0 Å². The van der Waals surface area contributed by atoms with Crippen molar-refractivity contribution in [2.75, 3.05) is 10.6 Å². The number of hydrogen-bond acceptors (Lipinski definition) is 2. The molecule has 4 aromatic carbocycles. The minimum Gasteiger partial charge on any atom is -0.308 e. The summed E-state index contributed by atoms with van der Waals surface area (Å²) < 4.78 is 0. The maximum atomic E-state index is 12.5. The molecule has 0 bridgehead atoms. The van der Waals surface area contributed by atoms with Crippen LogP contribution >= 0.6 is 11.6 Å². The van der Waals surface area contributed by atoms with Gasteiger partial charge in [-0.1, -0.05) is 84.4 Å². The lowest BCUT2D eigenvalue weighted by Gasteiger charge is -2.14. The summed E-state index contributed by atoms with van der Waals surface area (Å²) in [6, 6.07) is 30.2.